The Hall–Kier alpha value is -2.37. The van der Waals surface area contributed by atoms with E-state index < -0.39 is 5.97 Å². The van der Waals surface area contributed by atoms with Crippen molar-refractivity contribution in [1.82, 2.24) is 9.99 Å². The average Bonchev–Trinajstić information content (AvgIpc) is 2.92. The molecule has 1 aliphatic heterocycles. The van der Waals surface area contributed by atoms with Crippen molar-refractivity contribution >= 4 is 22.6 Å². The van der Waals surface area contributed by atoms with Crippen LogP contribution >= 0.6 is 0 Å². The van der Waals surface area contributed by atoms with E-state index in [4.69, 9.17) is 4.74 Å². The van der Waals surface area contributed by atoms with Gasteiger partial charge in [-0.2, -0.15) is 0 Å². The van der Waals surface area contributed by atoms with E-state index in [0.717, 1.165) is 30.4 Å². The minimum atomic E-state index is -0.398. The maximum Gasteiger partial charge on any atom is 0.357 e. The van der Waals surface area contributed by atoms with Gasteiger partial charge < -0.3 is 9.72 Å². The van der Waals surface area contributed by atoms with E-state index in [1.54, 1.807) is 6.92 Å². The molecule has 1 unspecified atom stereocenters. The minimum Gasteiger partial charge on any atom is -0.461 e. The third-order valence-corrected chi connectivity index (χ3v) is 4.07. The van der Waals surface area contributed by atoms with E-state index in [9.17, 15) is 4.79 Å². The largest absolute Gasteiger partial charge is 0.461 e. The fourth-order valence-electron chi connectivity index (χ4n) is 2.94. The van der Waals surface area contributed by atoms with Crippen molar-refractivity contribution in [2.75, 3.05) is 19.7 Å². The van der Waals surface area contributed by atoms with Gasteiger partial charge in [0.1, 0.15) is 5.69 Å². The number of esters is 1. The summed E-state index contributed by atoms with van der Waals surface area (Å²) in [7, 11) is 0. The molecule has 1 aromatic heterocycles. The second kappa shape index (κ2) is 6.81. The molecule has 3 rings (SSSR count). The van der Waals surface area contributed by atoms with Gasteiger partial charge in [0, 0.05) is 24.0 Å². The number of H-pyrrole nitrogens is 1. The van der Waals surface area contributed by atoms with Gasteiger partial charge in [0.25, 0.3) is 0 Å². The first kappa shape index (κ1) is 15.5. The molecular weight excluding hydrogens is 292 g/mol. The Labute approximate surface area is 135 Å². The molecule has 1 aromatic carbocycles. The molecule has 0 spiro atoms. The standard InChI is InChI=1S/C17H22N4O2/c1-3-23-17(22)16-15(13-8-4-5-9-14(13)18-16)19-20-21-10-6-7-12(2)11-21/h4-5,8-9,12,18H,3,6-7,10-11H2,1-2H3. The van der Waals surface area contributed by atoms with E-state index in [-0.39, 0.29) is 0 Å². The van der Waals surface area contributed by atoms with Crippen LogP contribution in [0.4, 0.5) is 5.69 Å². The van der Waals surface area contributed by atoms with Crippen LogP contribution in [0.1, 0.15) is 37.2 Å². The summed E-state index contributed by atoms with van der Waals surface area (Å²) in [6.45, 7) is 6.15. The lowest BCUT2D eigenvalue weighted by atomic mass is 10.0. The number of para-hydroxylation sites is 1. The molecule has 0 amide bonds. The average molecular weight is 314 g/mol. The van der Waals surface area contributed by atoms with Crippen molar-refractivity contribution < 1.29 is 9.53 Å². The van der Waals surface area contributed by atoms with Gasteiger partial charge >= 0.3 is 5.97 Å². The molecule has 1 aliphatic rings. The van der Waals surface area contributed by atoms with Crippen LogP contribution in [0, 0.1) is 5.92 Å². The van der Waals surface area contributed by atoms with Crippen LogP contribution in [0.2, 0.25) is 0 Å². The maximum atomic E-state index is 12.2. The number of carbonyl (C=O) groups excluding carboxylic acids is 1. The third-order valence-electron chi connectivity index (χ3n) is 4.07. The lowest BCUT2D eigenvalue weighted by Crippen LogP contribution is -2.29. The molecule has 0 radical (unpaired) electrons. The molecule has 2 heterocycles. The van der Waals surface area contributed by atoms with Gasteiger partial charge in [0.15, 0.2) is 5.69 Å². The molecule has 1 fully saturated rings. The van der Waals surface area contributed by atoms with E-state index in [1.165, 1.54) is 6.42 Å². The van der Waals surface area contributed by atoms with Gasteiger partial charge in [-0.25, -0.2) is 4.79 Å². The monoisotopic (exact) mass is 314 g/mol. The minimum absolute atomic E-state index is 0.328. The number of nitrogens with one attached hydrogen (secondary N) is 1. The smallest absolute Gasteiger partial charge is 0.357 e. The first-order valence-corrected chi connectivity index (χ1v) is 8.13. The number of hydrogen-bond donors (Lipinski definition) is 1. The van der Waals surface area contributed by atoms with Crippen LogP contribution in [0.25, 0.3) is 10.9 Å². The van der Waals surface area contributed by atoms with E-state index in [2.05, 4.69) is 22.2 Å². The number of fused-ring (bicyclic) bond motifs is 1. The van der Waals surface area contributed by atoms with E-state index >= 15 is 0 Å². The quantitative estimate of drug-likeness (QED) is 0.683. The van der Waals surface area contributed by atoms with Crippen LogP contribution in [-0.2, 0) is 4.74 Å². The van der Waals surface area contributed by atoms with Gasteiger partial charge in [-0.1, -0.05) is 30.3 Å². The molecule has 6 nitrogen and oxygen atoms in total. The highest BCUT2D eigenvalue weighted by atomic mass is 16.5. The fourth-order valence-corrected chi connectivity index (χ4v) is 2.94. The summed E-state index contributed by atoms with van der Waals surface area (Å²) in [5, 5.41) is 11.6. The molecule has 23 heavy (non-hydrogen) atoms. The Morgan fingerprint density at radius 1 is 1.43 bits per heavy atom. The summed E-state index contributed by atoms with van der Waals surface area (Å²) in [5.74, 6) is 0.222. The second-order valence-corrected chi connectivity index (χ2v) is 5.96. The molecule has 0 bridgehead atoms. The SMILES string of the molecule is CCOC(=O)c1[nH]c2ccccc2c1N=NN1CCCC(C)C1. The van der Waals surface area contributed by atoms with Crippen LogP contribution in [0.3, 0.4) is 0 Å². The first-order chi connectivity index (χ1) is 11.2. The Balaban J connectivity index is 1.94. The summed E-state index contributed by atoms with van der Waals surface area (Å²) in [4.78, 5) is 15.3. The van der Waals surface area contributed by atoms with Crippen LogP contribution in [0.5, 0.6) is 0 Å². The highest BCUT2D eigenvalue weighted by Crippen LogP contribution is 2.31. The van der Waals surface area contributed by atoms with Crippen LogP contribution in [-0.4, -0.2) is 35.7 Å². The van der Waals surface area contributed by atoms with Crippen molar-refractivity contribution in [3.8, 4) is 0 Å². The number of benzene rings is 1. The summed E-state index contributed by atoms with van der Waals surface area (Å²) in [5.41, 5.74) is 1.77. The van der Waals surface area contributed by atoms with Crippen molar-refractivity contribution in [2.45, 2.75) is 26.7 Å². The molecule has 122 valence electrons. The lowest BCUT2D eigenvalue weighted by molar-refractivity contribution is 0.0521. The lowest BCUT2D eigenvalue weighted by Gasteiger charge is -2.27. The van der Waals surface area contributed by atoms with Crippen LogP contribution < -0.4 is 0 Å². The van der Waals surface area contributed by atoms with Crippen molar-refractivity contribution in [3.63, 3.8) is 0 Å². The number of carbonyl (C=O) groups is 1. The Morgan fingerprint density at radius 3 is 3.04 bits per heavy atom. The molecule has 0 saturated carbocycles. The first-order valence-electron chi connectivity index (χ1n) is 8.13. The molecule has 2 aromatic rings. The zero-order chi connectivity index (χ0) is 16.2. The summed E-state index contributed by atoms with van der Waals surface area (Å²) < 4.78 is 5.12. The Kier molecular flexibility index (Phi) is 4.60. The zero-order valence-electron chi connectivity index (χ0n) is 13.6. The normalized spacial score (nSPS) is 18.7. The predicted octanol–water partition coefficient (Wildman–Crippen LogP) is 4.08. The molecule has 1 N–H and O–H groups in total. The van der Waals surface area contributed by atoms with Crippen molar-refractivity contribution in [2.24, 2.45) is 16.3 Å². The Morgan fingerprint density at radius 2 is 2.26 bits per heavy atom. The highest BCUT2D eigenvalue weighted by molar-refractivity contribution is 6.04. The van der Waals surface area contributed by atoms with E-state index in [1.807, 2.05) is 29.3 Å². The Bertz CT molecular complexity index is 722. The predicted molar refractivity (Wildman–Crippen MR) is 88.7 cm³/mol. The third kappa shape index (κ3) is 3.36. The van der Waals surface area contributed by atoms with Crippen molar-refractivity contribution in [1.29, 1.82) is 0 Å². The van der Waals surface area contributed by atoms with Gasteiger partial charge in [-0.15, -0.1) is 5.11 Å². The van der Waals surface area contributed by atoms with Gasteiger partial charge in [0.05, 0.1) is 6.61 Å². The number of hydrogen-bond acceptors (Lipinski definition) is 4. The molecule has 0 aliphatic carbocycles. The number of nitrogens with zero attached hydrogens (tertiary/aromatic N) is 3. The van der Waals surface area contributed by atoms with E-state index in [0.29, 0.717) is 23.9 Å². The number of aromatic nitrogens is 1. The molecular formula is C17H22N4O2. The van der Waals surface area contributed by atoms with Gasteiger partial charge in [-0.05, 0) is 31.7 Å². The maximum absolute atomic E-state index is 12.2. The zero-order valence-corrected chi connectivity index (χ0v) is 13.6. The fraction of sp³-hybridized carbons (Fsp3) is 0.471. The van der Waals surface area contributed by atoms with Gasteiger partial charge in [0.2, 0.25) is 0 Å². The summed E-state index contributed by atoms with van der Waals surface area (Å²) in [6.07, 6.45) is 2.35. The second-order valence-electron chi connectivity index (χ2n) is 5.96. The van der Waals surface area contributed by atoms with Crippen molar-refractivity contribution in [3.05, 3.63) is 30.0 Å². The summed E-state index contributed by atoms with van der Waals surface area (Å²) >= 11 is 0. The number of ether oxygens (including phenoxy) is 1. The highest BCUT2D eigenvalue weighted by Gasteiger charge is 2.20. The van der Waals surface area contributed by atoms with Crippen LogP contribution in [0.15, 0.2) is 34.6 Å². The number of rotatable bonds is 4. The number of aromatic amines is 1. The number of piperidine rings is 1. The molecule has 1 atom stereocenters. The molecule has 6 heteroatoms. The molecule has 1 saturated heterocycles. The van der Waals surface area contributed by atoms with Gasteiger partial charge in [-0.3, -0.25) is 5.01 Å². The topological polar surface area (TPSA) is 70.0 Å². The summed E-state index contributed by atoms with van der Waals surface area (Å²) in [6, 6.07) is 7.69.